The molecule has 5 rings (SSSR count). The number of nitrogens with zero attached hydrogens (tertiary/aromatic N) is 4. The maximum atomic E-state index is 14.7. The van der Waals surface area contributed by atoms with Crippen LogP contribution in [-0.4, -0.2) is 44.4 Å². The van der Waals surface area contributed by atoms with E-state index in [4.69, 9.17) is 4.74 Å². The molecule has 2 aromatic heterocycles. The highest BCUT2D eigenvalue weighted by Gasteiger charge is 2.49. The van der Waals surface area contributed by atoms with Crippen LogP contribution in [0, 0.1) is 11.7 Å². The molecule has 0 spiro atoms. The Morgan fingerprint density at radius 3 is 2.48 bits per heavy atom. The molecule has 3 atom stereocenters. The number of benzene rings is 1. The summed E-state index contributed by atoms with van der Waals surface area (Å²) in [5.74, 6) is -0.596. The zero-order valence-electron chi connectivity index (χ0n) is 17.2. The Bertz CT molecular complexity index is 1170. The molecule has 0 radical (unpaired) electrons. The average Bonchev–Trinajstić information content (AvgIpc) is 3.39. The van der Waals surface area contributed by atoms with Crippen LogP contribution in [0.1, 0.15) is 28.8 Å². The smallest absolute Gasteiger partial charge is 0.417 e. The molecule has 170 valence electrons. The number of piperidine rings is 1. The van der Waals surface area contributed by atoms with Gasteiger partial charge in [0.1, 0.15) is 11.9 Å². The molecule has 1 aliphatic heterocycles. The van der Waals surface area contributed by atoms with E-state index in [0.29, 0.717) is 19.4 Å². The van der Waals surface area contributed by atoms with E-state index in [9.17, 15) is 22.4 Å². The number of rotatable bonds is 4. The maximum absolute atomic E-state index is 14.7. The predicted molar refractivity (Wildman–Crippen MR) is 109 cm³/mol. The standard InChI is InChI=1S/C23H18F4N4O2/c24-16-4-1-3-15(20(16)21-28-7-2-8-29-21)22(32)31-12-13-9-17(31)18(10-13)33-19-6-5-14(11-30-19)23(25,26)27/h1-8,11,13,17-18H,9-10,12H2/t13-,17+,18-/m1/s1. The molecule has 3 heterocycles. The molecule has 0 N–H and O–H groups in total. The third-order valence-electron chi connectivity index (χ3n) is 6.05. The molecule has 2 fully saturated rings. The van der Waals surface area contributed by atoms with Gasteiger partial charge in [0, 0.05) is 31.2 Å². The molecule has 1 amide bonds. The van der Waals surface area contributed by atoms with Crippen LogP contribution in [0.4, 0.5) is 17.6 Å². The molecule has 33 heavy (non-hydrogen) atoms. The topological polar surface area (TPSA) is 68.2 Å². The van der Waals surface area contributed by atoms with Crippen molar-refractivity contribution in [2.45, 2.75) is 31.2 Å². The minimum absolute atomic E-state index is 0.0350. The van der Waals surface area contributed by atoms with Crippen LogP contribution in [0.25, 0.3) is 11.4 Å². The summed E-state index contributed by atoms with van der Waals surface area (Å²) in [5.41, 5.74) is -0.672. The number of pyridine rings is 1. The fourth-order valence-corrected chi connectivity index (χ4v) is 4.61. The van der Waals surface area contributed by atoms with Crippen molar-refractivity contribution >= 4 is 5.91 Å². The van der Waals surface area contributed by atoms with Crippen molar-refractivity contribution < 1.29 is 27.1 Å². The third kappa shape index (κ3) is 4.01. The fraction of sp³-hybridized carbons (Fsp3) is 0.304. The van der Waals surface area contributed by atoms with Crippen LogP contribution in [0.3, 0.4) is 0 Å². The molecular formula is C23H18F4N4O2. The number of carbonyl (C=O) groups is 1. The number of amides is 1. The molecule has 6 nitrogen and oxygen atoms in total. The number of fused-ring (bicyclic) bond motifs is 2. The van der Waals surface area contributed by atoms with E-state index in [1.54, 1.807) is 11.0 Å². The Morgan fingerprint density at radius 1 is 1.03 bits per heavy atom. The van der Waals surface area contributed by atoms with E-state index >= 15 is 0 Å². The van der Waals surface area contributed by atoms with Crippen molar-refractivity contribution in [2.24, 2.45) is 5.92 Å². The van der Waals surface area contributed by atoms with Gasteiger partial charge in [-0.1, -0.05) is 6.07 Å². The molecule has 1 saturated carbocycles. The van der Waals surface area contributed by atoms with Gasteiger partial charge in [-0.15, -0.1) is 0 Å². The summed E-state index contributed by atoms with van der Waals surface area (Å²) in [7, 11) is 0. The molecule has 3 aromatic rings. The Labute approximate surface area is 186 Å². The lowest BCUT2D eigenvalue weighted by Crippen LogP contribution is -2.47. The number of halogens is 4. The van der Waals surface area contributed by atoms with E-state index in [0.717, 1.165) is 12.3 Å². The highest BCUT2D eigenvalue weighted by atomic mass is 19.4. The molecule has 0 unspecified atom stereocenters. The zero-order valence-corrected chi connectivity index (χ0v) is 17.2. The van der Waals surface area contributed by atoms with Crippen LogP contribution in [-0.2, 0) is 6.18 Å². The van der Waals surface area contributed by atoms with Crippen molar-refractivity contribution in [1.29, 1.82) is 0 Å². The first-order valence-electron chi connectivity index (χ1n) is 10.4. The molecule has 1 aromatic carbocycles. The molecule has 2 bridgehead atoms. The second-order valence-corrected chi connectivity index (χ2v) is 8.14. The Morgan fingerprint density at radius 2 is 1.82 bits per heavy atom. The maximum Gasteiger partial charge on any atom is 0.417 e. The lowest BCUT2D eigenvalue weighted by atomic mass is 10.0. The first kappa shape index (κ1) is 21.3. The monoisotopic (exact) mass is 458 g/mol. The summed E-state index contributed by atoms with van der Waals surface area (Å²) in [5, 5.41) is 0. The Balaban J connectivity index is 1.38. The van der Waals surface area contributed by atoms with Gasteiger partial charge in [0.2, 0.25) is 5.88 Å². The second-order valence-electron chi connectivity index (χ2n) is 8.14. The Kier molecular flexibility index (Phi) is 5.22. The van der Waals surface area contributed by atoms with Crippen LogP contribution < -0.4 is 4.74 Å². The van der Waals surface area contributed by atoms with Gasteiger partial charge in [-0.3, -0.25) is 4.79 Å². The van der Waals surface area contributed by atoms with Gasteiger partial charge < -0.3 is 9.64 Å². The normalized spacial score (nSPS) is 21.9. The molecule has 10 heteroatoms. The number of carbonyl (C=O) groups excluding carboxylic acids is 1. The summed E-state index contributed by atoms with van der Waals surface area (Å²) in [4.78, 5) is 27.0. The lowest BCUT2D eigenvalue weighted by Gasteiger charge is -2.33. The van der Waals surface area contributed by atoms with Gasteiger partial charge in [-0.25, -0.2) is 19.3 Å². The van der Waals surface area contributed by atoms with Crippen molar-refractivity contribution in [1.82, 2.24) is 19.9 Å². The minimum Gasteiger partial charge on any atom is -0.472 e. The summed E-state index contributed by atoms with van der Waals surface area (Å²) < 4.78 is 58.9. The van der Waals surface area contributed by atoms with Crippen LogP contribution >= 0.6 is 0 Å². The largest absolute Gasteiger partial charge is 0.472 e. The van der Waals surface area contributed by atoms with Crippen LogP contribution in [0.5, 0.6) is 5.88 Å². The van der Waals surface area contributed by atoms with Crippen LogP contribution in [0.2, 0.25) is 0 Å². The molecular weight excluding hydrogens is 440 g/mol. The number of alkyl halides is 3. The summed E-state index contributed by atoms with van der Waals surface area (Å²) >= 11 is 0. The fourth-order valence-electron chi connectivity index (χ4n) is 4.61. The summed E-state index contributed by atoms with van der Waals surface area (Å²) in [6, 6.07) is 7.65. The van der Waals surface area contributed by atoms with Gasteiger partial charge in [0.25, 0.3) is 5.91 Å². The summed E-state index contributed by atoms with van der Waals surface area (Å²) in [6.07, 6.45) is 0.139. The zero-order chi connectivity index (χ0) is 23.2. The third-order valence-corrected chi connectivity index (χ3v) is 6.05. The molecule has 2 aliphatic rings. The number of aromatic nitrogens is 3. The number of hydrogen-bond acceptors (Lipinski definition) is 5. The Hall–Kier alpha value is -3.56. The van der Waals surface area contributed by atoms with Crippen LogP contribution in [0.15, 0.2) is 55.0 Å². The summed E-state index contributed by atoms with van der Waals surface area (Å²) in [6.45, 7) is 0.495. The molecule has 1 saturated heterocycles. The van der Waals surface area contributed by atoms with Gasteiger partial charge in [-0.05, 0) is 43.0 Å². The van der Waals surface area contributed by atoms with Crippen molar-refractivity contribution in [3.05, 3.63) is 71.9 Å². The predicted octanol–water partition coefficient (Wildman–Crippen LogP) is 4.38. The number of hydrogen-bond donors (Lipinski definition) is 0. The number of likely N-dealkylation sites (tertiary alicyclic amines) is 1. The van der Waals surface area contributed by atoms with E-state index in [1.165, 1.54) is 36.7 Å². The van der Waals surface area contributed by atoms with Crippen molar-refractivity contribution in [3.8, 4) is 17.3 Å². The molecule has 1 aliphatic carbocycles. The average molecular weight is 458 g/mol. The minimum atomic E-state index is -4.48. The first-order valence-corrected chi connectivity index (χ1v) is 10.4. The van der Waals surface area contributed by atoms with Gasteiger partial charge in [0.05, 0.1) is 22.7 Å². The number of ether oxygens (including phenoxy) is 1. The van der Waals surface area contributed by atoms with E-state index in [-0.39, 0.29) is 40.7 Å². The second kappa shape index (κ2) is 8.09. The quantitative estimate of drug-likeness (QED) is 0.543. The van der Waals surface area contributed by atoms with E-state index in [2.05, 4.69) is 15.0 Å². The van der Waals surface area contributed by atoms with Crippen molar-refractivity contribution in [2.75, 3.05) is 6.54 Å². The van der Waals surface area contributed by atoms with Gasteiger partial charge in [-0.2, -0.15) is 13.2 Å². The highest BCUT2D eigenvalue weighted by molar-refractivity contribution is 6.00. The van der Waals surface area contributed by atoms with E-state index in [1.807, 2.05) is 0 Å². The van der Waals surface area contributed by atoms with Crippen molar-refractivity contribution in [3.63, 3.8) is 0 Å². The highest BCUT2D eigenvalue weighted by Crippen LogP contribution is 2.41. The van der Waals surface area contributed by atoms with Gasteiger partial charge >= 0.3 is 6.18 Å². The first-order chi connectivity index (χ1) is 15.8. The SMILES string of the molecule is O=C(c1cccc(F)c1-c1ncccn1)N1C[C@H]2C[C@@H](Oc3ccc(C(F)(F)F)cn3)[C@@H]1C2. The lowest BCUT2D eigenvalue weighted by molar-refractivity contribution is -0.137. The van der Waals surface area contributed by atoms with Gasteiger partial charge in [0.15, 0.2) is 5.82 Å². The van der Waals surface area contributed by atoms with E-state index < -0.39 is 23.7 Å².